The van der Waals surface area contributed by atoms with Gasteiger partial charge in [-0.25, -0.2) is 0 Å². The van der Waals surface area contributed by atoms with Crippen LogP contribution in [0, 0.1) is 17.0 Å². The van der Waals surface area contributed by atoms with E-state index in [1.807, 2.05) is 0 Å². The van der Waals surface area contributed by atoms with Crippen molar-refractivity contribution in [3.05, 3.63) is 50.5 Å². The highest BCUT2D eigenvalue weighted by molar-refractivity contribution is 9.11. The van der Waals surface area contributed by atoms with Crippen molar-refractivity contribution >= 4 is 27.5 Å². The molecule has 1 rings (SSSR count). The second-order valence-electron chi connectivity index (χ2n) is 3.48. The van der Waals surface area contributed by atoms with Crippen molar-refractivity contribution in [3.63, 3.8) is 0 Å². The van der Waals surface area contributed by atoms with Gasteiger partial charge in [-0.1, -0.05) is 28.6 Å². The maximum absolute atomic E-state index is 11.7. The first-order valence-electron chi connectivity index (χ1n) is 4.78. The fourth-order valence-electron chi connectivity index (χ4n) is 1.26. The Labute approximate surface area is 107 Å². The number of carbonyl (C=O) groups excluding carboxylic acids is 1. The minimum absolute atomic E-state index is 0.0590. The summed E-state index contributed by atoms with van der Waals surface area (Å²) in [5, 5.41) is 13.3. The molecule has 17 heavy (non-hydrogen) atoms. The zero-order valence-electron chi connectivity index (χ0n) is 9.20. The summed E-state index contributed by atoms with van der Waals surface area (Å²) in [5.74, 6) is -0.485. The molecule has 1 N–H and O–H groups in total. The molecule has 0 radical (unpaired) electrons. The topological polar surface area (TPSA) is 72.2 Å². The summed E-state index contributed by atoms with van der Waals surface area (Å²) in [6, 6.07) is 4.41. The van der Waals surface area contributed by atoms with E-state index in [1.54, 1.807) is 13.0 Å². The third-order valence-electron chi connectivity index (χ3n) is 2.03. The molecule has 0 bridgehead atoms. The molecular weight excluding hydrogens is 288 g/mol. The Morgan fingerprint density at radius 1 is 1.59 bits per heavy atom. The number of nitro benzene ring substituents is 1. The monoisotopic (exact) mass is 298 g/mol. The number of benzene rings is 1. The standard InChI is InChI=1S/C11H11BrN2O3/c1-7-3-4-10(14(16)17)9(5-7)11(15)13-6-8(2)12/h3-5H,2,6H2,1H3,(H,13,15). The van der Waals surface area contributed by atoms with Crippen molar-refractivity contribution in [2.75, 3.05) is 6.54 Å². The van der Waals surface area contributed by atoms with Gasteiger partial charge in [-0.2, -0.15) is 0 Å². The molecule has 0 unspecified atom stereocenters. The van der Waals surface area contributed by atoms with Crippen LogP contribution in [0.1, 0.15) is 15.9 Å². The lowest BCUT2D eigenvalue weighted by Gasteiger charge is -2.05. The SMILES string of the molecule is C=C(Br)CNC(=O)c1cc(C)ccc1[N+](=O)[O-]. The number of nitrogens with zero attached hydrogens (tertiary/aromatic N) is 1. The van der Waals surface area contributed by atoms with Crippen LogP contribution in [0.25, 0.3) is 0 Å². The summed E-state index contributed by atoms with van der Waals surface area (Å²) in [6.45, 7) is 5.56. The van der Waals surface area contributed by atoms with E-state index in [0.717, 1.165) is 5.56 Å². The molecule has 6 heteroatoms. The minimum Gasteiger partial charge on any atom is -0.347 e. The molecule has 0 atom stereocenters. The number of nitro groups is 1. The predicted molar refractivity (Wildman–Crippen MR) is 68.2 cm³/mol. The molecule has 1 aromatic rings. The van der Waals surface area contributed by atoms with Gasteiger partial charge in [0.05, 0.1) is 4.92 Å². The first kappa shape index (κ1) is 13.4. The van der Waals surface area contributed by atoms with Gasteiger partial charge in [0.1, 0.15) is 5.56 Å². The molecule has 1 aromatic carbocycles. The van der Waals surface area contributed by atoms with Crippen LogP contribution >= 0.6 is 15.9 Å². The number of nitrogens with one attached hydrogen (secondary N) is 1. The van der Waals surface area contributed by atoms with Crippen LogP contribution in [-0.2, 0) is 0 Å². The molecule has 0 aliphatic rings. The van der Waals surface area contributed by atoms with Crippen LogP contribution in [0.2, 0.25) is 0 Å². The molecule has 1 amide bonds. The number of rotatable bonds is 4. The van der Waals surface area contributed by atoms with E-state index in [-0.39, 0.29) is 17.8 Å². The number of carbonyl (C=O) groups is 1. The lowest BCUT2D eigenvalue weighted by atomic mass is 10.1. The number of hydrogen-bond donors (Lipinski definition) is 1. The van der Waals surface area contributed by atoms with Crippen LogP contribution < -0.4 is 5.32 Å². The summed E-state index contributed by atoms with van der Waals surface area (Å²) in [6.07, 6.45) is 0. The lowest BCUT2D eigenvalue weighted by molar-refractivity contribution is -0.385. The van der Waals surface area contributed by atoms with Crippen LogP contribution in [0.4, 0.5) is 5.69 Å². The Kier molecular flexibility index (Phi) is 4.39. The number of amides is 1. The molecule has 0 aliphatic heterocycles. The highest BCUT2D eigenvalue weighted by Gasteiger charge is 2.19. The average molecular weight is 299 g/mol. The Hall–Kier alpha value is -1.69. The van der Waals surface area contributed by atoms with Crippen molar-refractivity contribution in [1.82, 2.24) is 5.32 Å². The second-order valence-corrected chi connectivity index (χ2v) is 4.60. The fraction of sp³-hybridized carbons (Fsp3) is 0.182. The molecule has 5 nitrogen and oxygen atoms in total. The summed E-state index contributed by atoms with van der Waals surface area (Å²) in [5.41, 5.74) is 0.649. The maximum atomic E-state index is 11.7. The summed E-state index contributed by atoms with van der Waals surface area (Å²) in [7, 11) is 0. The fourth-order valence-corrected chi connectivity index (χ4v) is 1.40. The Morgan fingerprint density at radius 3 is 2.76 bits per heavy atom. The van der Waals surface area contributed by atoms with Crippen LogP contribution in [0.3, 0.4) is 0 Å². The van der Waals surface area contributed by atoms with Crippen LogP contribution in [-0.4, -0.2) is 17.4 Å². The molecule has 0 aliphatic carbocycles. The number of aryl methyl sites for hydroxylation is 1. The van der Waals surface area contributed by atoms with E-state index in [4.69, 9.17) is 0 Å². The third kappa shape index (κ3) is 3.67. The zero-order valence-corrected chi connectivity index (χ0v) is 10.8. The highest BCUT2D eigenvalue weighted by atomic mass is 79.9. The third-order valence-corrected chi connectivity index (χ3v) is 2.31. The largest absolute Gasteiger partial charge is 0.347 e. The Morgan fingerprint density at radius 2 is 2.24 bits per heavy atom. The first-order chi connectivity index (χ1) is 7.91. The highest BCUT2D eigenvalue weighted by Crippen LogP contribution is 2.19. The molecular formula is C11H11BrN2O3. The number of halogens is 1. The van der Waals surface area contributed by atoms with Crippen molar-refractivity contribution < 1.29 is 9.72 Å². The Bertz CT molecular complexity index is 486. The molecule has 0 heterocycles. The van der Waals surface area contributed by atoms with E-state index in [1.165, 1.54) is 12.1 Å². The van der Waals surface area contributed by atoms with Crippen molar-refractivity contribution in [1.29, 1.82) is 0 Å². The van der Waals surface area contributed by atoms with Gasteiger partial charge in [0.15, 0.2) is 0 Å². The van der Waals surface area contributed by atoms with Crippen LogP contribution in [0.15, 0.2) is 29.3 Å². The molecule has 0 saturated heterocycles. The van der Waals surface area contributed by atoms with Gasteiger partial charge < -0.3 is 5.32 Å². The van der Waals surface area contributed by atoms with E-state index in [0.29, 0.717) is 4.48 Å². The van der Waals surface area contributed by atoms with E-state index < -0.39 is 10.8 Å². The van der Waals surface area contributed by atoms with E-state index in [2.05, 4.69) is 27.8 Å². The minimum atomic E-state index is -0.572. The normalized spacial score (nSPS) is 9.76. The van der Waals surface area contributed by atoms with E-state index in [9.17, 15) is 14.9 Å². The lowest BCUT2D eigenvalue weighted by Crippen LogP contribution is -2.25. The van der Waals surface area contributed by atoms with Crippen molar-refractivity contribution in [2.24, 2.45) is 0 Å². The van der Waals surface area contributed by atoms with Gasteiger partial charge in [-0.15, -0.1) is 0 Å². The van der Waals surface area contributed by atoms with Gasteiger partial charge in [0.25, 0.3) is 11.6 Å². The summed E-state index contributed by atoms with van der Waals surface area (Å²) >= 11 is 3.09. The Balaban J connectivity index is 3.02. The smallest absolute Gasteiger partial charge is 0.282 e. The van der Waals surface area contributed by atoms with Crippen molar-refractivity contribution in [2.45, 2.75) is 6.92 Å². The van der Waals surface area contributed by atoms with Gasteiger partial charge >= 0.3 is 0 Å². The summed E-state index contributed by atoms with van der Waals surface area (Å²) in [4.78, 5) is 22.0. The van der Waals surface area contributed by atoms with Crippen molar-refractivity contribution in [3.8, 4) is 0 Å². The molecule has 0 spiro atoms. The second kappa shape index (κ2) is 5.58. The number of hydrogen-bond acceptors (Lipinski definition) is 3. The average Bonchev–Trinajstić information content (AvgIpc) is 2.25. The summed E-state index contributed by atoms with van der Waals surface area (Å²) < 4.78 is 0.598. The molecule has 90 valence electrons. The molecule has 0 fully saturated rings. The van der Waals surface area contributed by atoms with Crippen LogP contribution in [0.5, 0.6) is 0 Å². The van der Waals surface area contributed by atoms with Gasteiger partial charge in [-0.05, 0) is 18.6 Å². The van der Waals surface area contributed by atoms with Gasteiger partial charge in [0.2, 0.25) is 0 Å². The quantitative estimate of drug-likeness (QED) is 0.686. The molecule has 0 saturated carbocycles. The molecule has 0 aromatic heterocycles. The first-order valence-corrected chi connectivity index (χ1v) is 5.57. The van der Waals surface area contributed by atoms with Gasteiger partial charge in [0, 0.05) is 17.1 Å². The van der Waals surface area contributed by atoms with E-state index >= 15 is 0 Å². The maximum Gasteiger partial charge on any atom is 0.282 e. The predicted octanol–water partition coefficient (Wildman–Crippen LogP) is 2.54. The zero-order chi connectivity index (χ0) is 13.0. The van der Waals surface area contributed by atoms with Gasteiger partial charge in [-0.3, -0.25) is 14.9 Å².